The van der Waals surface area contributed by atoms with E-state index in [9.17, 15) is 14.7 Å². The summed E-state index contributed by atoms with van der Waals surface area (Å²) in [6.07, 6.45) is 8.59. The summed E-state index contributed by atoms with van der Waals surface area (Å²) in [6.45, 7) is 7.67. The molecule has 0 spiro atoms. The van der Waals surface area contributed by atoms with E-state index >= 15 is 0 Å². The zero-order valence-corrected chi connectivity index (χ0v) is 19.6. The highest BCUT2D eigenvalue weighted by molar-refractivity contribution is 5.96. The van der Waals surface area contributed by atoms with Gasteiger partial charge < -0.3 is 14.7 Å². The van der Waals surface area contributed by atoms with E-state index in [1.807, 2.05) is 0 Å². The van der Waals surface area contributed by atoms with Crippen LogP contribution in [0.1, 0.15) is 72.6 Å². The Morgan fingerprint density at radius 1 is 1.19 bits per heavy atom. The van der Waals surface area contributed by atoms with Gasteiger partial charge in [0, 0.05) is 12.3 Å². The molecule has 3 fully saturated rings. The van der Waals surface area contributed by atoms with Crippen LogP contribution in [0.25, 0.3) is 0 Å². The van der Waals surface area contributed by atoms with Crippen molar-refractivity contribution in [3.05, 3.63) is 11.6 Å². The molecule has 6 nitrogen and oxygen atoms in total. The molecule has 0 aromatic carbocycles. The first kappa shape index (κ1) is 22.5. The molecule has 4 aliphatic rings. The molecule has 31 heavy (non-hydrogen) atoms. The number of hydrogen-bond acceptors (Lipinski definition) is 6. The minimum atomic E-state index is -1.19. The van der Waals surface area contributed by atoms with Gasteiger partial charge in [0.2, 0.25) is 5.78 Å². The van der Waals surface area contributed by atoms with Crippen LogP contribution in [0.5, 0.6) is 0 Å². The predicted octanol–water partition coefficient (Wildman–Crippen LogP) is 4.06. The van der Waals surface area contributed by atoms with Crippen LogP contribution >= 0.6 is 0 Å². The Balaban J connectivity index is 1.71. The largest absolute Gasteiger partial charge is 0.451 e. The van der Waals surface area contributed by atoms with Crippen molar-refractivity contribution in [1.29, 1.82) is 0 Å². The van der Waals surface area contributed by atoms with Crippen molar-refractivity contribution in [2.75, 3.05) is 13.7 Å². The highest BCUT2D eigenvalue weighted by Crippen LogP contribution is 2.69. The van der Waals surface area contributed by atoms with Crippen molar-refractivity contribution >= 4 is 17.5 Å². The number of rotatable bonds is 4. The number of fused-ring (bicyclic) bond motifs is 5. The molecule has 4 aliphatic carbocycles. The number of carbonyl (C=O) groups excluding carboxylic acids is 2. The van der Waals surface area contributed by atoms with Gasteiger partial charge in [0.05, 0.1) is 5.71 Å². The van der Waals surface area contributed by atoms with Crippen molar-refractivity contribution in [2.24, 2.45) is 39.7 Å². The molecule has 0 aromatic rings. The maximum Gasteiger partial charge on any atom is 0.303 e. The van der Waals surface area contributed by atoms with Gasteiger partial charge in [0.15, 0.2) is 5.60 Å². The highest BCUT2D eigenvalue weighted by atomic mass is 16.6. The lowest BCUT2D eigenvalue weighted by atomic mass is 9.44. The quantitative estimate of drug-likeness (QED) is 0.536. The van der Waals surface area contributed by atoms with Crippen molar-refractivity contribution < 1.29 is 24.3 Å². The van der Waals surface area contributed by atoms with Crippen LogP contribution in [-0.4, -0.2) is 41.9 Å². The lowest BCUT2D eigenvalue weighted by Gasteiger charge is -2.60. The SMILES string of the molecule is CO/N=C1/C=C2C(C)CC3C(CCC4(C)C3CCC4(OC(C)=O)C(=O)CO)C2(C)CC1. The fourth-order valence-electron chi connectivity index (χ4n) is 8.24. The Bertz CT molecular complexity index is 834. The number of Topliss-reactive ketones (excluding diaryl/α,β-unsaturated/α-hetero) is 1. The van der Waals surface area contributed by atoms with Crippen LogP contribution in [0.4, 0.5) is 0 Å². The van der Waals surface area contributed by atoms with E-state index in [-0.39, 0.29) is 11.2 Å². The third-order valence-corrected chi connectivity index (χ3v) is 9.53. The Morgan fingerprint density at radius 3 is 2.55 bits per heavy atom. The number of aliphatic hydroxyl groups is 1. The third-order valence-electron chi connectivity index (χ3n) is 9.53. The molecule has 7 atom stereocenters. The minimum absolute atomic E-state index is 0.129. The summed E-state index contributed by atoms with van der Waals surface area (Å²) in [4.78, 5) is 30.0. The van der Waals surface area contributed by atoms with Crippen molar-refractivity contribution in [1.82, 2.24) is 0 Å². The molecule has 1 N–H and O–H groups in total. The molecule has 7 unspecified atom stereocenters. The molecule has 172 valence electrons. The van der Waals surface area contributed by atoms with E-state index in [4.69, 9.17) is 9.57 Å². The fourth-order valence-corrected chi connectivity index (χ4v) is 8.24. The maximum atomic E-state index is 13.0. The zero-order valence-electron chi connectivity index (χ0n) is 19.6. The molecular weight excluding hydrogens is 394 g/mol. The Morgan fingerprint density at radius 2 is 1.90 bits per heavy atom. The lowest BCUT2D eigenvalue weighted by molar-refractivity contribution is -0.190. The fraction of sp³-hybridized carbons (Fsp3) is 0.800. The zero-order chi connectivity index (χ0) is 22.6. The Hall–Kier alpha value is -1.69. The van der Waals surface area contributed by atoms with E-state index in [0.29, 0.717) is 30.1 Å². The second-order valence-electron chi connectivity index (χ2n) is 10.8. The van der Waals surface area contributed by atoms with Gasteiger partial charge in [-0.25, -0.2) is 0 Å². The van der Waals surface area contributed by atoms with Crippen LogP contribution in [-0.2, 0) is 19.2 Å². The maximum absolute atomic E-state index is 13.0. The van der Waals surface area contributed by atoms with E-state index in [2.05, 4.69) is 32.0 Å². The van der Waals surface area contributed by atoms with Crippen molar-refractivity contribution in [2.45, 2.75) is 78.2 Å². The second kappa shape index (κ2) is 7.72. The number of hydrogen-bond donors (Lipinski definition) is 1. The molecule has 0 amide bonds. The van der Waals surface area contributed by atoms with Gasteiger partial charge in [-0.2, -0.15) is 0 Å². The first-order chi connectivity index (χ1) is 14.6. The molecule has 0 bridgehead atoms. The van der Waals surface area contributed by atoms with E-state index < -0.39 is 23.6 Å². The van der Waals surface area contributed by atoms with E-state index in [1.165, 1.54) is 12.5 Å². The predicted molar refractivity (Wildman–Crippen MR) is 117 cm³/mol. The highest BCUT2D eigenvalue weighted by Gasteiger charge is 2.68. The monoisotopic (exact) mass is 431 g/mol. The molecule has 0 saturated heterocycles. The minimum Gasteiger partial charge on any atom is -0.451 e. The van der Waals surface area contributed by atoms with Crippen LogP contribution in [0.2, 0.25) is 0 Å². The first-order valence-corrected chi connectivity index (χ1v) is 11.8. The van der Waals surface area contributed by atoms with Gasteiger partial charge in [0.25, 0.3) is 0 Å². The lowest BCUT2D eigenvalue weighted by Crippen LogP contribution is -2.60. The van der Waals surface area contributed by atoms with Gasteiger partial charge >= 0.3 is 5.97 Å². The standard InChI is InChI=1S/C25H37NO5/c1-15-12-18-19(23(3)9-6-17(26-30-5)13-21(15)23)7-10-24(4)20(18)8-11-25(24,22(29)14-27)31-16(2)28/h13,15,18-20,27H,6-12,14H2,1-5H3/b26-17+. The molecule has 3 saturated carbocycles. The number of allylic oxidation sites excluding steroid dienone is 2. The molecule has 0 heterocycles. The van der Waals surface area contributed by atoms with Gasteiger partial charge in [-0.1, -0.05) is 31.5 Å². The van der Waals surface area contributed by atoms with Gasteiger partial charge in [0.1, 0.15) is 13.7 Å². The molecule has 0 aliphatic heterocycles. The summed E-state index contributed by atoms with van der Waals surface area (Å²) < 4.78 is 5.81. The van der Waals surface area contributed by atoms with E-state index in [0.717, 1.165) is 44.2 Å². The van der Waals surface area contributed by atoms with E-state index in [1.54, 1.807) is 7.11 Å². The summed E-state index contributed by atoms with van der Waals surface area (Å²) >= 11 is 0. The Labute approximate surface area is 185 Å². The number of carbonyl (C=O) groups is 2. The second-order valence-corrected chi connectivity index (χ2v) is 10.8. The normalized spacial score (nSPS) is 45.2. The Kier molecular flexibility index (Phi) is 5.60. The van der Waals surface area contributed by atoms with Crippen LogP contribution in [0, 0.1) is 34.5 Å². The summed E-state index contributed by atoms with van der Waals surface area (Å²) in [5.74, 6) is 1.02. The molecule has 0 radical (unpaired) electrons. The summed E-state index contributed by atoms with van der Waals surface area (Å²) in [7, 11) is 1.60. The number of aliphatic hydroxyl groups excluding tert-OH is 1. The number of ketones is 1. The van der Waals surface area contributed by atoms with Crippen LogP contribution < -0.4 is 0 Å². The molecule has 6 heteroatoms. The van der Waals surface area contributed by atoms with Crippen molar-refractivity contribution in [3.8, 4) is 0 Å². The summed E-state index contributed by atoms with van der Waals surface area (Å²) in [5, 5.41) is 14.0. The molecule has 4 rings (SSSR count). The number of nitrogens with zero attached hydrogens (tertiary/aromatic N) is 1. The molecular formula is C25H37NO5. The first-order valence-electron chi connectivity index (χ1n) is 11.8. The van der Waals surface area contributed by atoms with Gasteiger partial charge in [-0.3, -0.25) is 9.59 Å². The number of ether oxygens (including phenoxy) is 1. The number of esters is 1. The third kappa shape index (κ3) is 3.12. The van der Waals surface area contributed by atoms with Gasteiger partial charge in [-0.05, 0) is 80.1 Å². The average molecular weight is 432 g/mol. The van der Waals surface area contributed by atoms with Crippen LogP contribution in [0.15, 0.2) is 16.8 Å². The average Bonchev–Trinajstić information content (AvgIpc) is 3.01. The summed E-state index contributed by atoms with van der Waals surface area (Å²) in [5.41, 5.74) is 1.05. The number of oxime groups is 1. The van der Waals surface area contributed by atoms with Gasteiger partial charge in [-0.15, -0.1) is 0 Å². The topological polar surface area (TPSA) is 85.2 Å². The molecule has 0 aromatic heterocycles. The van der Waals surface area contributed by atoms with Crippen LogP contribution in [0.3, 0.4) is 0 Å². The van der Waals surface area contributed by atoms with Crippen molar-refractivity contribution in [3.63, 3.8) is 0 Å². The smallest absolute Gasteiger partial charge is 0.303 e. The summed E-state index contributed by atoms with van der Waals surface area (Å²) in [6, 6.07) is 0.